The third-order valence-corrected chi connectivity index (χ3v) is 9.89. The molecular weight excluding hydrogens is 344 g/mol. The van der Waals surface area contributed by atoms with Gasteiger partial charge in [-0.3, -0.25) is 4.79 Å². The van der Waals surface area contributed by atoms with Crippen LogP contribution in [0.3, 0.4) is 0 Å². The average Bonchev–Trinajstić information content (AvgIpc) is 2.84. The van der Waals surface area contributed by atoms with Crippen LogP contribution in [0.4, 0.5) is 4.79 Å². The molecule has 0 radical (unpaired) electrons. The van der Waals surface area contributed by atoms with Crippen molar-refractivity contribution in [2.75, 3.05) is 13.2 Å². The molecule has 0 atom stereocenters. The Labute approximate surface area is 148 Å². The summed E-state index contributed by atoms with van der Waals surface area (Å²) in [5, 5.41) is 3.17. The van der Waals surface area contributed by atoms with E-state index in [9.17, 15) is 9.59 Å². The van der Waals surface area contributed by atoms with Gasteiger partial charge in [-0.2, -0.15) is 0 Å². The van der Waals surface area contributed by atoms with Crippen LogP contribution in [0.2, 0.25) is 18.1 Å². The summed E-state index contributed by atoms with van der Waals surface area (Å²) in [6.45, 7) is 13.7. The van der Waals surface area contributed by atoms with E-state index in [-0.39, 0.29) is 16.0 Å². The highest BCUT2D eigenvalue weighted by atomic mass is 32.1. The highest BCUT2D eigenvalue weighted by Crippen LogP contribution is 2.36. The van der Waals surface area contributed by atoms with Crippen molar-refractivity contribution >= 4 is 31.7 Å². The topological polar surface area (TPSA) is 90.7 Å². The molecule has 3 N–H and O–H groups in total. The average molecular weight is 373 g/mol. The van der Waals surface area contributed by atoms with Crippen LogP contribution in [-0.4, -0.2) is 33.5 Å². The van der Waals surface area contributed by atoms with Crippen LogP contribution in [0, 0.1) is 0 Å². The molecule has 1 aromatic rings. The van der Waals surface area contributed by atoms with Gasteiger partial charge in [-0.15, -0.1) is 11.3 Å². The maximum absolute atomic E-state index is 12.3. The molecule has 1 aromatic heterocycles. The van der Waals surface area contributed by atoms with Crippen molar-refractivity contribution in [1.29, 1.82) is 0 Å². The van der Waals surface area contributed by atoms with Gasteiger partial charge in [0.05, 0.1) is 12.2 Å². The van der Waals surface area contributed by atoms with Gasteiger partial charge in [0.25, 0.3) is 5.91 Å². The van der Waals surface area contributed by atoms with Gasteiger partial charge in [-0.05, 0) is 30.6 Å². The molecule has 0 aliphatic rings. The number of carbonyl (C=O) groups excluding carboxylic acids is 2. The second kappa shape index (κ2) is 8.13. The zero-order valence-corrected chi connectivity index (χ0v) is 17.1. The second-order valence-electron chi connectivity index (χ2n) is 7.05. The van der Waals surface area contributed by atoms with Gasteiger partial charge in [0.15, 0.2) is 13.4 Å². The van der Waals surface area contributed by atoms with Gasteiger partial charge in [0, 0.05) is 11.4 Å². The van der Waals surface area contributed by atoms with Gasteiger partial charge in [0.2, 0.25) is 0 Å². The predicted molar refractivity (Wildman–Crippen MR) is 99.4 cm³/mol. The number of amides is 2. The van der Waals surface area contributed by atoms with E-state index in [2.05, 4.69) is 39.2 Å². The maximum Gasteiger partial charge on any atom is 0.410 e. The molecule has 6 nitrogen and oxygen atoms in total. The monoisotopic (exact) mass is 372 g/mol. The lowest BCUT2D eigenvalue weighted by molar-refractivity contribution is 0.0944. The molecule has 2 amide bonds. The minimum absolute atomic E-state index is 0.128. The molecular formula is C16H28N2O4SSi. The van der Waals surface area contributed by atoms with E-state index in [0.717, 1.165) is 11.3 Å². The molecule has 0 aromatic carbocycles. The minimum Gasteiger partial charge on any atom is -0.415 e. The summed E-state index contributed by atoms with van der Waals surface area (Å²) in [5.74, 6) is -0.291. The summed E-state index contributed by atoms with van der Waals surface area (Å²) in [6, 6.07) is 1.73. The Morgan fingerprint density at radius 3 is 2.46 bits per heavy atom. The number of primary amides is 1. The summed E-state index contributed by atoms with van der Waals surface area (Å²) in [4.78, 5) is 24.2. The number of rotatable bonds is 7. The Morgan fingerprint density at radius 1 is 1.33 bits per heavy atom. The van der Waals surface area contributed by atoms with Crippen molar-refractivity contribution in [3.63, 3.8) is 0 Å². The fraction of sp³-hybridized carbons (Fsp3) is 0.625. The van der Waals surface area contributed by atoms with Gasteiger partial charge in [-0.25, -0.2) is 4.79 Å². The van der Waals surface area contributed by atoms with E-state index in [4.69, 9.17) is 14.9 Å². The minimum atomic E-state index is -1.83. The number of hydrogen-bond acceptors (Lipinski definition) is 5. The number of nitrogens with two attached hydrogens (primary N) is 1. The Kier molecular flexibility index (Phi) is 7.00. The summed E-state index contributed by atoms with van der Waals surface area (Å²) < 4.78 is 10.9. The van der Waals surface area contributed by atoms with E-state index < -0.39 is 14.4 Å². The lowest BCUT2D eigenvalue weighted by Crippen LogP contribution is -2.42. The van der Waals surface area contributed by atoms with Crippen LogP contribution >= 0.6 is 11.3 Å². The number of ether oxygens (including phenoxy) is 1. The molecule has 1 heterocycles. The molecule has 1 rings (SSSR count). The second-order valence-corrected chi connectivity index (χ2v) is 13.0. The molecule has 0 aliphatic heterocycles. The van der Waals surface area contributed by atoms with Crippen LogP contribution in [0.25, 0.3) is 0 Å². The van der Waals surface area contributed by atoms with Crippen LogP contribution in [0.1, 0.15) is 42.9 Å². The normalized spacial score (nSPS) is 12.1. The Bertz CT molecular complexity index is 593. The van der Waals surface area contributed by atoms with Crippen molar-refractivity contribution in [3.05, 3.63) is 16.5 Å². The molecule has 24 heavy (non-hydrogen) atoms. The first kappa shape index (κ1) is 20.7. The van der Waals surface area contributed by atoms with Crippen LogP contribution in [0.5, 0.6) is 5.06 Å². The first-order valence-electron chi connectivity index (χ1n) is 8.00. The number of aryl methyl sites for hydroxylation is 1. The van der Waals surface area contributed by atoms with Crippen molar-refractivity contribution in [1.82, 2.24) is 5.32 Å². The predicted octanol–water partition coefficient (Wildman–Crippen LogP) is 3.52. The smallest absolute Gasteiger partial charge is 0.410 e. The Hall–Kier alpha value is -1.38. The van der Waals surface area contributed by atoms with Gasteiger partial charge in [0.1, 0.15) is 0 Å². The first-order chi connectivity index (χ1) is 11.0. The van der Waals surface area contributed by atoms with E-state index in [1.54, 1.807) is 6.07 Å². The Morgan fingerprint density at radius 2 is 1.96 bits per heavy atom. The van der Waals surface area contributed by atoms with E-state index in [0.29, 0.717) is 18.7 Å². The van der Waals surface area contributed by atoms with E-state index >= 15 is 0 Å². The van der Waals surface area contributed by atoms with Crippen molar-refractivity contribution in [3.8, 4) is 5.06 Å². The molecule has 0 spiro atoms. The van der Waals surface area contributed by atoms with Crippen molar-refractivity contribution < 1.29 is 18.8 Å². The summed E-state index contributed by atoms with van der Waals surface area (Å²) in [6.07, 6.45) is -0.170. The molecule has 8 heteroatoms. The fourth-order valence-electron chi connectivity index (χ4n) is 1.71. The van der Waals surface area contributed by atoms with Crippen LogP contribution in [-0.2, 0) is 10.8 Å². The van der Waals surface area contributed by atoms with Gasteiger partial charge < -0.3 is 20.2 Å². The molecule has 0 aliphatic carbocycles. The highest BCUT2D eigenvalue weighted by Gasteiger charge is 2.36. The summed E-state index contributed by atoms with van der Waals surface area (Å²) in [5.41, 5.74) is 5.39. The standard InChI is InChI=1S/C16H28N2O4SSi/c1-7-11-10-12(14(23-11)22-15(17)20)13(19)18-8-9-21-24(5,6)16(2,3)4/h10H,7-9H2,1-6H3,(H2,17,20)(H,18,19). The number of carbonyl (C=O) groups is 2. The maximum atomic E-state index is 12.3. The number of nitrogens with one attached hydrogen (secondary N) is 1. The third-order valence-electron chi connectivity index (χ3n) is 4.19. The summed E-state index contributed by atoms with van der Waals surface area (Å²) >= 11 is 1.25. The zero-order valence-electron chi connectivity index (χ0n) is 15.3. The third kappa shape index (κ3) is 5.61. The number of hydrogen-bond donors (Lipinski definition) is 2. The molecule has 0 bridgehead atoms. The van der Waals surface area contributed by atoms with Crippen LogP contribution < -0.4 is 15.8 Å². The van der Waals surface area contributed by atoms with Gasteiger partial charge >= 0.3 is 6.09 Å². The fourth-order valence-corrected chi connectivity index (χ4v) is 3.70. The van der Waals surface area contributed by atoms with Crippen LogP contribution in [0.15, 0.2) is 6.07 Å². The summed E-state index contributed by atoms with van der Waals surface area (Å²) in [7, 11) is -1.83. The molecule has 0 unspecified atom stereocenters. The zero-order chi connectivity index (χ0) is 18.5. The van der Waals surface area contributed by atoms with E-state index in [1.807, 2.05) is 6.92 Å². The SMILES string of the molecule is CCc1cc(C(=O)NCCO[Si](C)(C)C(C)(C)C)c(OC(N)=O)s1. The molecule has 136 valence electrons. The first-order valence-corrected chi connectivity index (χ1v) is 11.7. The van der Waals surface area contributed by atoms with E-state index in [1.165, 1.54) is 11.3 Å². The highest BCUT2D eigenvalue weighted by molar-refractivity contribution is 7.14. The lowest BCUT2D eigenvalue weighted by Gasteiger charge is -2.36. The molecule has 0 saturated carbocycles. The quantitative estimate of drug-likeness (QED) is 0.566. The number of thiophene rings is 1. The Balaban J connectivity index is 2.63. The largest absolute Gasteiger partial charge is 0.415 e. The molecule has 0 saturated heterocycles. The lowest BCUT2D eigenvalue weighted by atomic mass is 10.2. The van der Waals surface area contributed by atoms with Crippen molar-refractivity contribution in [2.24, 2.45) is 5.73 Å². The van der Waals surface area contributed by atoms with Crippen molar-refractivity contribution in [2.45, 2.75) is 52.2 Å². The molecule has 0 fully saturated rings. The van der Waals surface area contributed by atoms with Gasteiger partial charge in [-0.1, -0.05) is 27.7 Å².